The van der Waals surface area contributed by atoms with Gasteiger partial charge in [0.25, 0.3) is 0 Å². The molecule has 9 heteroatoms. The van der Waals surface area contributed by atoms with Gasteiger partial charge >= 0.3 is 0 Å². The Hall–Kier alpha value is -3.04. The molecule has 4 aromatic rings. The Morgan fingerprint density at radius 1 is 1.03 bits per heavy atom. The minimum absolute atomic E-state index is 0.273. The van der Waals surface area contributed by atoms with E-state index in [0.29, 0.717) is 0 Å². The number of ether oxygens (including phenoxy) is 3. The predicted octanol–water partition coefficient (Wildman–Crippen LogP) is 6.29. The van der Waals surface area contributed by atoms with E-state index in [1.807, 2.05) is 42.5 Å². The Bertz CT molecular complexity index is 1250. The summed E-state index contributed by atoms with van der Waals surface area (Å²) >= 11 is 3.28. The molecule has 0 amide bonds. The predicted molar refractivity (Wildman–Crippen MR) is 135 cm³/mol. The van der Waals surface area contributed by atoms with E-state index >= 15 is 0 Å². The summed E-state index contributed by atoms with van der Waals surface area (Å²) in [6.07, 6.45) is 2.18. The van der Waals surface area contributed by atoms with Crippen LogP contribution in [-0.4, -0.2) is 33.1 Å². The lowest BCUT2D eigenvalue weighted by Crippen LogP contribution is -2.00. The number of fused-ring (bicyclic) bond motifs is 1. The monoisotopic (exact) mass is 494 g/mol. The highest BCUT2D eigenvalue weighted by Gasteiger charge is 2.17. The van der Waals surface area contributed by atoms with Gasteiger partial charge in [0.2, 0.25) is 6.79 Å². The molecular weight excluding hydrogens is 468 g/mol. The van der Waals surface area contributed by atoms with E-state index in [1.165, 1.54) is 0 Å². The van der Waals surface area contributed by atoms with Gasteiger partial charge in [-0.05, 0) is 55.8 Å². The Morgan fingerprint density at radius 3 is 2.68 bits per heavy atom. The minimum atomic E-state index is 0.273. The molecule has 0 spiro atoms. The number of hydrogen-bond acceptors (Lipinski definition) is 8. The quantitative estimate of drug-likeness (QED) is 0.190. The van der Waals surface area contributed by atoms with Crippen molar-refractivity contribution in [3.05, 3.63) is 53.5 Å². The van der Waals surface area contributed by atoms with Crippen molar-refractivity contribution < 1.29 is 14.2 Å². The zero-order chi connectivity index (χ0) is 23.3. The Morgan fingerprint density at radius 2 is 1.85 bits per heavy atom. The van der Waals surface area contributed by atoms with Gasteiger partial charge in [-0.1, -0.05) is 25.1 Å². The highest BCUT2D eigenvalue weighted by Crippen LogP contribution is 2.37. The van der Waals surface area contributed by atoms with E-state index in [4.69, 9.17) is 19.2 Å². The average Bonchev–Trinajstić information content (AvgIpc) is 3.62. The summed E-state index contributed by atoms with van der Waals surface area (Å²) in [5.41, 5.74) is 3.08. The van der Waals surface area contributed by atoms with E-state index in [9.17, 15) is 0 Å². The van der Waals surface area contributed by atoms with Gasteiger partial charge in [-0.2, -0.15) is 0 Å². The van der Waals surface area contributed by atoms with Gasteiger partial charge < -0.3 is 18.8 Å². The van der Waals surface area contributed by atoms with E-state index < -0.39 is 0 Å². The first kappa shape index (κ1) is 22.7. The Kier molecular flexibility index (Phi) is 7.01. The Labute approximate surface area is 207 Å². The molecule has 0 bridgehead atoms. The molecule has 7 nitrogen and oxygen atoms in total. The fourth-order valence-corrected chi connectivity index (χ4v) is 5.42. The van der Waals surface area contributed by atoms with Crippen molar-refractivity contribution in [2.24, 2.45) is 0 Å². The molecule has 0 atom stereocenters. The van der Waals surface area contributed by atoms with Gasteiger partial charge in [-0.25, -0.2) is 4.98 Å². The number of nitrogens with zero attached hydrogens (tertiary/aromatic N) is 4. The third-order valence-electron chi connectivity index (χ3n) is 5.43. The summed E-state index contributed by atoms with van der Waals surface area (Å²) in [4.78, 5) is 4.81. The standard InChI is InChI=1S/C25H26N4O3S2/c1-3-5-12-30-20-9-6-17(7-10-20)23-27-28-25(29(23)4-2)34-15-19-14-33-24(26-19)18-8-11-21-22(13-18)32-16-31-21/h6-11,13-14H,3-5,12,15-16H2,1-2H3. The molecule has 176 valence electrons. The minimum Gasteiger partial charge on any atom is -0.494 e. The normalized spacial score (nSPS) is 12.3. The summed E-state index contributed by atoms with van der Waals surface area (Å²) < 4.78 is 18.8. The second-order valence-electron chi connectivity index (χ2n) is 7.78. The molecule has 0 unspecified atom stereocenters. The van der Waals surface area contributed by atoms with Crippen molar-refractivity contribution in [2.45, 2.75) is 44.1 Å². The fourth-order valence-electron chi connectivity index (χ4n) is 3.60. The number of thioether (sulfide) groups is 1. The molecule has 0 fully saturated rings. The first-order chi connectivity index (χ1) is 16.7. The fraction of sp³-hybridized carbons (Fsp3) is 0.320. The maximum absolute atomic E-state index is 5.78. The molecule has 0 saturated heterocycles. The lowest BCUT2D eigenvalue weighted by molar-refractivity contribution is 0.174. The number of rotatable bonds is 10. The van der Waals surface area contributed by atoms with Crippen molar-refractivity contribution in [3.8, 4) is 39.2 Å². The van der Waals surface area contributed by atoms with Crippen LogP contribution in [0.25, 0.3) is 22.0 Å². The molecule has 1 aliphatic rings. The number of thiazole rings is 1. The van der Waals surface area contributed by atoms with Crippen molar-refractivity contribution in [1.82, 2.24) is 19.7 Å². The molecule has 1 aliphatic heterocycles. The summed E-state index contributed by atoms with van der Waals surface area (Å²) in [6, 6.07) is 14.0. The summed E-state index contributed by atoms with van der Waals surface area (Å²) in [7, 11) is 0. The molecule has 3 heterocycles. The molecule has 0 N–H and O–H groups in total. The SMILES string of the molecule is CCCCOc1ccc(-c2nnc(SCc3csc(-c4ccc5c(c4)OCO5)n3)n2CC)cc1. The van der Waals surface area contributed by atoms with Crippen molar-refractivity contribution in [1.29, 1.82) is 0 Å². The first-order valence-corrected chi connectivity index (χ1v) is 13.2. The molecule has 5 rings (SSSR count). The molecule has 34 heavy (non-hydrogen) atoms. The number of benzene rings is 2. The van der Waals surface area contributed by atoms with E-state index in [2.05, 4.69) is 34.0 Å². The molecule has 0 aliphatic carbocycles. The van der Waals surface area contributed by atoms with Gasteiger partial charge in [-0.3, -0.25) is 0 Å². The average molecular weight is 495 g/mol. The summed E-state index contributed by atoms with van der Waals surface area (Å²) in [6.45, 7) is 6.08. The first-order valence-electron chi connectivity index (χ1n) is 11.4. The Balaban J connectivity index is 1.25. The highest BCUT2D eigenvalue weighted by atomic mass is 32.2. The van der Waals surface area contributed by atoms with Crippen molar-refractivity contribution >= 4 is 23.1 Å². The lowest BCUT2D eigenvalue weighted by atomic mass is 10.2. The largest absolute Gasteiger partial charge is 0.494 e. The number of hydrogen-bond donors (Lipinski definition) is 0. The van der Waals surface area contributed by atoms with Crippen LogP contribution in [0.1, 0.15) is 32.4 Å². The number of unbranched alkanes of at least 4 members (excludes halogenated alkanes) is 1. The van der Waals surface area contributed by atoms with Gasteiger partial charge in [0, 0.05) is 28.8 Å². The van der Waals surface area contributed by atoms with Crippen molar-refractivity contribution in [2.75, 3.05) is 13.4 Å². The summed E-state index contributed by atoms with van der Waals surface area (Å²) in [5.74, 6) is 4.03. The van der Waals surface area contributed by atoms with Crippen molar-refractivity contribution in [3.63, 3.8) is 0 Å². The van der Waals surface area contributed by atoms with Gasteiger partial charge in [-0.15, -0.1) is 21.5 Å². The van der Waals surface area contributed by atoms with Crippen LogP contribution < -0.4 is 14.2 Å². The lowest BCUT2D eigenvalue weighted by Gasteiger charge is -2.08. The zero-order valence-corrected chi connectivity index (χ0v) is 20.8. The van der Waals surface area contributed by atoms with Crippen LogP contribution in [0.2, 0.25) is 0 Å². The molecule has 0 saturated carbocycles. The second kappa shape index (κ2) is 10.5. The second-order valence-corrected chi connectivity index (χ2v) is 9.58. The highest BCUT2D eigenvalue weighted by molar-refractivity contribution is 7.98. The third kappa shape index (κ3) is 4.90. The van der Waals surface area contributed by atoms with Gasteiger partial charge in [0.05, 0.1) is 12.3 Å². The van der Waals surface area contributed by atoms with Crippen LogP contribution in [0.5, 0.6) is 17.2 Å². The maximum atomic E-state index is 5.78. The maximum Gasteiger partial charge on any atom is 0.231 e. The smallest absolute Gasteiger partial charge is 0.231 e. The molecular formula is C25H26N4O3S2. The van der Waals surface area contributed by atoms with Crippen LogP contribution in [0.4, 0.5) is 0 Å². The molecule has 2 aromatic carbocycles. The van der Waals surface area contributed by atoms with Crippen LogP contribution in [0.15, 0.2) is 53.0 Å². The van der Waals surface area contributed by atoms with Crippen LogP contribution in [0, 0.1) is 0 Å². The summed E-state index contributed by atoms with van der Waals surface area (Å²) in [5, 5.41) is 12.9. The van der Waals surface area contributed by atoms with E-state index in [-0.39, 0.29) is 6.79 Å². The van der Waals surface area contributed by atoms with Gasteiger partial charge in [0.15, 0.2) is 22.5 Å². The number of aromatic nitrogens is 4. The topological polar surface area (TPSA) is 71.3 Å². The molecule has 2 aromatic heterocycles. The third-order valence-corrected chi connectivity index (χ3v) is 7.37. The van der Waals surface area contributed by atoms with Gasteiger partial charge in [0.1, 0.15) is 10.8 Å². The van der Waals surface area contributed by atoms with E-state index in [1.54, 1.807) is 23.1 Å². The van der Waals surface area contributed by atoms with E-state index in [0.717, 1.165) is 81.8 Å². The van der Waals surface area contributed by atoms with Crippen LogP contribution in [-0.2, 0) is 12.3 Å². The van der Waals surface area contributed by atoms with Crippen LogP contribution in [0.3, 0.4) is 0 Å². The zero-order valence-electron chi connectivity index (χ0n) is 19.2. The van der Waals surface area contributed by atoms with Crippen LogP contribution >= 0.6 is 23.1 Å². The molecule has 0 radical (unpaired) electrons.